The van der Waals surface area contributed by atoms with Crippen LogP contribution >= 0.6 is 0 Å². The molecule has 0 saturated heterocycles. The van der Waals surface area contributed by atoms with Gasteiger partial charge in [-0.05, 0) is 107 Å². The molecule has 0 atom stereocenters. The molecule has 3 aliphatic carbocycles. The lowest BCUT2D eigenvalue weighted by Gasteiger charge is -2.49. The predicted molar refractivity (Wildman–Crippen MR) is 220 cm³/mol. The molecular formula is C50H39BO3. The van der Waals surface area contributed by atoms with E-state index in [-0.39, 0.29) is 0 Å². The predicted octanol–water partition coefficient (Wildman–Crippen LogP) is 10.2. The van der Waals surface area contributed by atoms with Crippen LogP contribution in [0.5, 0.6) is 0 Å². The molecule has 0 bridgehead atoms. The van der Waals surface area contributed by atoms with Crippen LogP contribution in [-0.2, 0) is 15.5 Å². The molecule has 8 aromatic rings. The highest BCUT2D eigenvalue weighted by Crippen LogP contribution is 2.68. The van der Waals surface area contributed by atoms with Crippen LogP contribution in [-0.4, -0.2) is 23.8 Å². The normalized spacial score (nSPS) is 15.5. The minimum atomic E-state index is -1.02. The third-order valence-electron chi connectivity index (χ3n) is 13.2. The summed E-state index contributed by atoms with van der Waals surface area (Å²) in [6, 6.07) is 56.2. The number of furan rings is 1. The molecular weight excluding hydrogens is 659 g/mol. The van der Waals surface area contributed by atoms with Gasteiger partial charge in [0.05, 0.1) is 22.0 Å². The van der Waals surface area contributed by atoms with E-state index in [1.807, 2.05) is 33.8 Å². The molecule has 0 radical (unpaired) electrons. The lowest BCUT2D eigenvalue weighted by molar-refractivity contribution is -0.0893. The smallest absolute Gasteiger partial charge is 0.309 e. The molecule has 1 aromatic heterocycles. The molecule has 0 aliphatic heterocycles. The molecule has 260 valence electrons. The summed E-state index contributed by atoms with van der Waals surface area (Å²) in [6.07, 6.45) is 0. The second kappa shape index (κ2) is 10.7. The van der Waals surface area contributed by atoms with Gasteiger partial charge < -0.3 is 14.2 Å². The number of aliphatic hydroxyl groups is 1. The molecule has 54 heavy (non-hydrogen) atoms. The Balaban J connectivity index is 1.28. The van der Waals surface area contributed by atoms with Crippen molar-refractivity contribution in [2.75, 3.05) is 0 Å². The van der Waals surface area contributed by atoms with Crippen molar-refractivity contribution in [2.45, 2.75) is 49.7 Å². The fourth-order valence-corrected chi connectivity index (χ4v) is 10.2. The number of para-hydroxylation sites is 1. The molecule has 3 nitrogen and oxygen atoms in total. The molecule has 4 heteroatoms. The van der Waals surface area contributed by atoms with Gasteiger partial charge in [-0.1, -0.05) is 145 Å². The zero-order chi connectivity index (χ0) is 36.6. The summed E-state index contributed by atoms with van der Waals surface area (Å²) in [5.74, 6) is 0. The fourth-order valence-electron chi connectivity index (χ4n) is 10.2. The summed E-state index contributed by atoms with van der Waals surface area (Å²) in [5.41, 5.74) is 15.3. The Labute approximate surface area is 316 Å². The molecule has 0 saturated carbocycles. The van der Waals surface area contributed by atoms with Crippen LogP contribution in [0.2, 0.25) is 0 Å². The highest BCUT2D eigenvalue weighted by Gasteiger charge is 2.59. The summed E-state index contributed by atoms with van der Waals surface area (Å²) in [5, 5.41) is 13.3. The van der Waals surface area contributed by atoms with Gasteiger partial charge >= 0.3 is 7.48 Å². The monoisotopic (exact) mass is 698 g/mol. The summed E-state index contributed by atoms with van der Waals surface area (Å²) in [7, 11) is 0.370. The Bertz CT molecular complexity index is 2770. The first-order valence-electron chi connectivity index (χ1n) is 19.0. The van der Waals surface area contributed by atoms with E-state index in [0.29, 0.717) is 7.48 Å². The topological polar surface area (TPSA) is 42.6 Å². The second-order valence-corrected chi connectivity index (χ2v) is 16.4. The molecule has 11 rings (SSSR count). The lowest BCUT2D eigenvalue weighted by atomic mass is 9.52. The molecule has 0 unspecified atom stereocenters. The molecule has 7 aromatic carbocycles. The minimum Gasteiger partial charge on any atom is -0.456 e. The molecule has 2 spiro atoms. The van der Waals surface area contributed by atoms with Gasteiger partial charge in [-0.25, -0.2) is 0 Å². The van der Waals surface area contributed by atoms with E-state index in [2.05, 4.69) is 146 Å². The fraction of sp³-hybridized carbons (Fsp3) is 0.160. The Kier molecular flexibility index (Phi) is 6.32. The molecule has 0 fully saturated rings. The zero-order valence-corrected chi connectivity index (χ0v) is 30.9. The van der Waals surface area contributed by atoms with Crippen LogP contribution in [0.25, 0.3) is 44.2 Å². The minimum absolute atomic E-state index is 0.370. The third-order valence-corrected chi connectivity index (χ3v) is 13.2. The Hall–Kier alpha value is -5.68. The van der Waals surface area contributed by atoms with E-state index in [4.69, 9.17) is 9.07 Å². The van der Waals surface area contributed by atoms with Crippen LogP contribution < -0.4 is 5.46 Å². The number of hydrogen-bond donors (Lipinski definition) is 1. The van der Waals surface area contributed by atoms with Crippen LogP contribution in [0.15, 0.2) is 156 Å². The molecule has 0 amide bonds. The second-order valence-electron chi connectivity index (χ2n) is 16.4. The first kappa shape index (κ1) is 31.8. The lowest BCUT2D eigenvalue weighted by Crippen LogP contribution is -2.49. The van der Waals surface area contributed by atoms with Crippen molar-refractivity contribution in [3.05, 3.63) is 196 Å². The van der Waals surface area contributed by atoms with Gasteiger partial charge in [-0.3, -0.25) is 0 Å². The molecule has 1 N–H and O–H groups in total. The summed E-state index contributed by atoms with van der Waals surface area (Å²) >= 11 is 0. The van der Waals surface area contributed by atoms with Crippen molar-refractivity contribution in [3.8, 4) is 22.3 Å². The van der Waals surface area contributed by atoms with E-state index >= 15 is 0 Å². The van der Waals surface area contributed by atoms with E-state index in [0.717, 1.165) is 27.4 Å². The van der Waals surface area contributed by atoms with Gasteiger partial charge in [0.15, 0.2) is 0 Å². The largest absolute Gasteiger partial charge is 0.456 e. The van der Waals surface area contributed by atoms with Gasteiger partial charge in [0.1, 0.15) is 11.2 Å². The number of rotatable bonds is 4. The Morgan fingerprint density at radius 3 is 1.61 bits per heavy atom. The number of hydrogen-bond acceptors (Lipinski definition) is 3. The van der Waals surface area contributed by atoms with Crippen LogP contribution in [0.4, 0.5) is 0 Å². The van der Waals surface area contributed by atoms with Crippen molar-refractivity contribution >= 4 is 34.9 Å². The highest BCUT2D eigenvalue weighted by molar-refractivity contribution is 6.47. The third kappa shape index (κ3) is 3.80. The Morgan fingerprint density at radius 2 is 1.02 bits per heavy atom. The maximum atomic E-state index is 11.0. The summed E-state index contributed by atoms with van der Waals surface area (Å²) < 4.78 is 13.1. The standard InChI is InChI=1S/C50H39BO3/c1-47(2,52)48(3,4)54-51-30-25-26-33-42(29-30)50(41-27-28-44-46(45(33)41)34-17-7-14-24-43(34)53-44)39-22-12-10-20-37(39)49(38-21-11-13-23-40(38)50)35-18-8-5-15-31(35)32-16-6-9-19-36(32)49/h5-29,51-52H,1-4H3. The number of benzene rings is 7. The first-order valence-corrected chi connectivity index (χ1v) is 19.0. The zero-order valence-electron chi connectivity index (χ0n) is 30.9. The van der Waals surface area contributed by atoms with Gasteiger partial charge in [-0.2, -0.15) is 0 Å². The van der Waals surface area contributed by atoms with Crippen LogP contribution in [0.3, 0.4) is 0 Å². The average molecular weight is 699 g/mol. The van der Waals surface area contributed by atoms with Crippen LogP contribution in [0, 0.1) is 0 Å². The van der Waals surface area contributed by atoms with Crippen LogP contribution in [0.1, 0.15) is 72.2 Å². The van der Waals surface area contributed by atoms with Crippen molar-refractivity contribution in [3.63, 3.8) is 0 Å². The van der Waals surface area contributed by atoms with Gasteiger partial charge in [0.25, 0.3) is 0 Å². The highest BCUT2D eigenvalue weighted by atomic mass is 16.5. The first-order chi connectivity index (χ1) is 26.2. The maximum Gasteiger partial charge on any atom is 0.309 e. The summed E-state index contributed by atoms with van der Waals surface area (Å²) in [4.78, 5) is 0. The van der Waals surface area contributed by atoms with Crippen molar-refractivity contribution in [2.24, 2.45) is 0 Å². The van der Waals surface area contributed by atoms with E-state index in [1.54, 1.807) is 0 Å². The van der Waals surface area contributed by atoms with Crippen molar-refractivity contribution in [1.29, 1.82) is 0 Å². The average Bonchev–Trinajstić information content (AvgIpc) is 3.81. The van der Waals surface area contributed by atoms with E-state index in [9.17, 15) is 5.11 Å². The van der Waals surface area contributed by atoms with Gasteiger partial charge in [0.2, 0.25) is 0 Å². The van der Waals surface area contributed by atoms with E-state index < -0.39 is 22.0 Å². The SMILES string of the molecule is CC(C)(O)C(C)(C)OBc1ccc2c(c1)C1(c3ccccc3C3(c4ccccc4-c4ccccc43)c3ccccc31)c1ccc3oc4ccccc4c3c1-2. The van der Waals surface area contributed by atoms with E-state index in [1.165, 1.54) is 66.8 Å². The summed E-state index contributed by atoms with van der Waals surface area (Å²) in [6.45, 7) is 7.55. The molecule has 3 aliphatic rings. The van der Waals surface area contributed by atoms with Crippen molar-refractivity contribution in [1.82, 2.24) is 0 Å². The maximum absolute atomic E-state index is 11.0. The molecule has 1 heterocycles. The number of fused-ring (bicyclic) bond motifs is 20. The van der Waals surface area contributed by atoms with Gasteiger partial charge in [-0.15, -0.1) is 0 Å². The quantitative estimate of drug-likeness (QED) is 0.186. The van der Waals surface area contributed by atoms with Crippen molar-refractivity contribution < 1.29 is 14.2 Å². The van der Waals surface area contributed by atoms with Gasteiger partial charge in [0, 0.05) is 10.8 Å². The Morgan fingerprint density at radius 1 is 0.500 bits per heavy atom.